The van der Waals surface area contributed by atoms with Crippen molar-refractivity contribution >= 4 is 0 Å². The Labute approximate surface area is 102 Å². The van der Waals surface area contributed by atoms with Crippen molar-refractivity contribution in [3.8, 4) is 0 Å². The van der Waals surface area contributed by atoms with Crippen LogP contribution in [0.25, 0.3) is 0 Å². The van der Waals surface area contributed by atoms with Gasteiger partial charge >= 0.3 is 0 Å². The lowest BCUT2D eigenvalue weighted by atomic mass is 10.0. The molecule has 2 heterocycles. The Bertz CT molecular complexity index is 370. The molecular weight excluding hydrogens is 214 g/mol. The standard InChI is InChI=1S/C13H21N3O/c1-2-9-5-6-10(8-9)12-15-13(17-16-12)11-4-3-7-14-11/h9-11,14H,2-8H2,1H3/t9?,10?,11-/m1/s1. The van der Waals surface area contributed by atoms with E-state index in [0.717, 1.165) is 30.6 Å². The Morgan fingerprint density at radius 1 is 1.35 bits per heavy atom. The van der Waals surface area contributed by atoms with Crippen LogP contribution < -0.4 is 5.32 Å². The summed E-state index contributed by atoms with van der Waals surface area (Å²) in [6.07, 6.45) is 7.43. The maximum absolute atomic E-state index is 5.41. The first-order valence-corrected chi connectivity index (χ1v) is 6.93. The lowest BCUT2D eigenvalue weighted by molar-refractivity contribution is 0.338. The van der Waals surface area contributed by atoms with Gasteiger partial charge < -0.3 is 9.84 Å². The van der Waals surface area contributed by atoms with E-state index in [2.05, 4.69) is 22.4 Å². The zero-order valence-corrected chi connectivity index (χ0v) is 10.5. The predicted octanol–water partition coefficient (Wildman–Crippen LogP) is 2.79. The molecule has 1 aliphatic carbocycles. The van der Waals surface area contributed by atoms with Crippen LogP contribution in [0.2, 0.25) is 0 Å². The van der Waals surface area contributed by atoms with Gasteiger partial charge in [0.1, 0.15) is 0 Å². The lowest BCUT2D eigenvalue weighted by Gasteiger charge is -2.05. The quantitative estimate of drug-likeness (QED) is 0.875. The fourth-order valence-electron chi connectivity index (χ4n) is 3.13. The van der Waals surface area contributed by atoms with Crippen molar-refractivity contribution in [2.45, 2.75) is 57.4 Å². The minimum absolute atomic E-state index is 0.305. The first kappa shape index (κ1) is 11.2. The van der Waals surface area contributed by atoms with Crippen LogP contribution in [0.5, 0.6) is 0 Å². The molecule has 94 valence electrons. The number of hydrogen-bond donors (Lipinski definition) is 1. The van der Waals surface area contributed by atoms with Gasteiger partial charge in [-0.1, -0.05) is 18.5 Å². The second-order valence-electron chi connectivity index (χ2n) is 5.42. The Hall–Kier alpha value is -0.900. The highest BCUT2D eigenvalue weighted by molar-refractivity contribution is 5.02. The van der Waals surface area contributed by atoms with Crippen LogP contribution in [0.15, 0.2) is 4.52 Å². The molecule has 0 spiro atoms. The van der Waals surface area contributed by atoms with Gasteiger partial charge in [0.15, 0.2) is 5.82 Å². The van der Waals surface area contributed by atoms with Crippen LogP contribution in [0.3, 0.4) is 0 Å². The molecule has 4 nitrogen and oxygen atoms in total. The van der Waals surface area contributed by atoms with E-state index >= 15 is 0 Å². The van der Waals surface area contributed by atoms with Crippen LogP contribution in [0.4, 0.5) is 0 Å². The van der Waals surface area contributed by atoms with E-state index in [-0.39, 0.29) is 0 Å². The topological polar surface area (TPSA) is 51.0 Å². The summed E-state index contributed by atoms with van der Waals surface area (Å²) in [5.74, 6) is 3.16. The van der Waals surface area contributed by atoms with Gasteiger partial charge in [-0.25, -0.2) is 0 Å². The smallest absolute Gasteiger partial charge is 0.243 e. The maximum atomic E-state index is 5.41. The van der Waals surface area contributed by atoms with Gasteiger partial charge in [0.2, 0.25) is 5.89 Å². The van der Waals surface area contributed by atoms with Crippen molar-refractivity contribution in [2.75, 3.05) is 6.54 Å². The van der Waals surface area contributed by atoms with Crippen molar-refractivity contribution in [1.82, 2.24) is 15.5 Å². The number of rotatable bonds is 3. The molecule has 2 aliphatic rings. The van der Waals surface area contributed by atoms with E-state index in [1.54, 1.807) is 0 Å². The third-order valence-electron chi connectivity index (χ3n) is 4.30. The molecule has 1 saturated carbocycles. The normalized spacial score (nSPS) is 33.4. The van der Waals surface area contributed by atoms with Crippen LogP contribution in [0, 0.1) is 5.92 Å². The van der Waals surface area contributed by atoms with Gasteiger partial charge in [-0.05, 0) is 44.6 Å². The fraction of sp³-hybridized carbons (Fsp3) is 0.846. The van der Waals surface area contributed by atoms with Crippen molar-refractivity contribution in [3.05, 3.63) is 11.7 Å². The van der Waals surface area contributed by atoms with Gasteiger partial charge in [-0.3, -0.25) is 0 Å². The Morgan fingerprint density at radius 2 is 2.29 bits per heavy atom. The molecule has 0 radical (unpaired) electrons. The second-order valence-corrected chi connectivity index (χ2v) is 5.42. The van der Waals surface area contributed by atoms with Crippen LogP contribution in [-0.4, -0.2) is 16.7 Å². The molecule has 1 aromatic heterocycles. The highest BCUT2D eigenvalue weighted by Gasteiger charge is 2.30. The first-order chi connectivity index (χ1) is 8.36. The van der Waals surface area contributed by atoms with Gasteiger partial charge in [0, 0.05) is 5.92 Å². The molecule has 1 aromatic rings. The molecule has 2 unspecified atom stereocenters. The SMILES string of the molecule is CCC1CCC(c2noc([C@H]3CCCN3)n2)C1. The second kappa shape index (κ2) is 4.77. The number of nitrogens with one attached hydrogen (secondary N) is 1. The summed E-state index contributed by atoms with van der Waals surface area (Å²) >= 11 is 0. The average molecular weight is 235 g/mol. The van der Waals surface area contributed by atoms with Crippen LogP contribution >= 0.6 is 0 Å². The van der Waals surface area contributed by atoms with Crippen molar-refractivity contribution in [3.63, 3.8) is 0 Å². The molecule has 4 heteroatoms. The molecular formula is C13H21N3O. The van der Waals surface area contributed by atoms with E-state index < -0.39 is 0 Å². The summed E-state index contributed by atoms with van der Waals surface area (Å²) in [6, 6.07) is 0.305. The van der Waals surface area contributed by atoms with Crippen LogP contribution in [-0.2, 0) is 0 Å². The summed E-state index contributed by atoms with van der Waals surface area (Å²) in [4.78, 5) is 4.60. The summed E-state index contributed by atoms with van der Waals surface area (Å²) in [5, 5.41) is 7.59. The Kier molecular flexibility index (Phi) is 3.14. The summed E-state index contributed by atoms with van der Waals surface area (Å²) in [5.41, 5.74) is 0. The van der Waals surface area contributed by atoms with E-state index in [9.17, 15) is 0 Å². The molecule has 0 amide bonds. The zero-order valence-electron chi connectivity index (χ0n) is 10.5. The number of hydrogen-bond acceptors (Lipinski definition) is 4. The maximum Gasteiger partial charge on any atom is 0.243 e. The third kappa shape index (κ3) is 2.23. The molecule has 1 N–H and O–H groups in total. The number of aromatic nitrogens is 2. The van der Waals surface area contributed by atoms with Gasteiger partial charge in [-0.2, -0.15) is 4.98 Å². The molecule has 17 heavy (non-hydrogen) atoms. The molecule has 3 rings (SSSR count). The van der Waals surface area contributed by atoms with Gasteiger partial charge in [0.25, 0.3) is 0 Å². The van der Waals surface area contributed by atoms with E-state index in [4.69, 9.17) is 4.52 Å². The molecule has 1 aliphatic heterocycles. The van der Waals surface area contributed by atoms with E-state index in [1.807, 2.05) is 0 Å². The van der Waals surface area contributed by atoms with Gasteiger partial charge in [0.05, 0.1) is 6.04 Å². The molecule has 0 bridgehead atoms. The van der Waals surface area contributed by atoms with E-state index in [0.29, 0.717) is 12.0 Å². The van der Waals surface area contributed by atoms with Crippen molar-refractivity contribution in [2.24, 2.45) is 5.92 Å². The molecule has 1 saturated heterocycles. The Balaban J connectivity index is 1.68. The fourth-order valence-corrected chi connectivity index (χ4v) is 3.13. The Morgan fingerprint density at radius 3 is 3.00 bits per heavy atom. The zero-order chi connectivity index (χ0) is 11.7. The predicted molar refractivity (Wildman–Crippen MR) is 64.6 cm³/mol. The van der Waals surface area contributed by atoms with Crippen LogP contribution in [0.1, 0.15) is 69.1 Å². The minimum Gasteiger partial charge on any atom is -0.338 e. The largest absolute Gasteiger partial charge is 0.338 e. The summed E-state index contributed by atoms with van der Waals surface area (Å²) in [7, 11) is 0. The van der Waals surface area contributed by atoms with Crippen molar-refractivity contribution < 1.29 is 4.52 Å². The van der Waals surface area contributed by atoms with Gasteiger partial charge in [-0.15, -0.1) is 0 Å². The minimum atomic E-state index is 0.305. The first-order valence-electron chi connectivity index (χ1n) is 6.93. The molecule has 2 fully saturated rings. The van der Waals surface area contributed by atoms with E-state index in [1.165, 1.54) is 32.1 Å². The summed E-state index contributed by atoms with van der Waals surface area (Å²) in [6.45, 7) is 3.35. The lowest BCUT2D eigenvalue weighted by Crippen LogP contribution is -2.13. The highest BCUT2D eigenvalue weighted by atomic mass is 16.5. The third-order valence-corrected chi connectivity index (χ3v) is 4.30. The average Bonchev–Trinajstić information content (AvgIpc) is 3.09. The molecule has 0 aromatic carbocycles. The molecule has 3 atom stereocenters. The van der Waals surface area contributed by atoms with Crippen molar-refractivity contribution in [1.29, 1.82) is 0 Å². The summed E-state index contributed by atoms with van der Waals surface area (Å²) < 4.78 is 5.41. The highest BCUT2D eigenvalue weighted by Crippen LogP contribution is 2.38. The number of nitrogens with zero attached hydrogens (tertiary/aromatic N) is 2. The monoisotopic (exact) mass is 235 g/mol.